The smallest absolute Gasteiger partial charge is 0.361 e. The first-order valence-electron chi connectivity index (χ1n) is 8.03. The first-order valence-corrected chi connectivity index (χ1v) is 9.61. The highest BCUT2D eigenvalue weighted by atomic mass is 32.2. The van der Waals surface area contributed by atoms with Gasteiger partial charge in [-0.3, -0.25) is 0 Å². The van der Waals surface area contributed by atoms with Gasteiger partial charge in [0.15, 0.2) is 0 Å². The summed E-state index contributed by atoms with van der Waals surface area (Å²) in [7, 11) is -1.86. The molecule has 2 aromatic rings. The number of H-pyrrole nitrogens is 1. The maximum absolute atomic E-state index is 11.6. The van der Waals surface area contributed by atoms with Gasteiger partial charge in [-0.25, -0.2) is 4.79 Å². The number of aromatic amines is 1. The first kappa shape index (κ1) is 17.5. The average molecular weight is 363 g/mol. The van der Waals surface area contributed by atoms with Crippen LogP contribution in [0.1, 0.15) is 17.5 Å². The largest absolute Gasteiger partial charge is 0.420 e. The number of carbonyl (C=O) groups is 1. The minimum atomic E-state index is -3.95. The minimum absolute atomic E-state index is 0.248. The molecule has 0 aliphatic carbocycles. The average Bonchev–Trinajstić information content (AvgIpc) is 2.96. The van der Waals surface area contributed by atoms with Gasteiger partial charge in [-0.15, -0.1) is 0 Å². The number of aryl methyl sites for hydroxylation is 1. The topological polar surface area (TPSA) is 105 Å². The van der Waals surface area contributed by atoms with Crippen molar-refractivity contribution in [2.75, 3.05) is 25.9 Å². The number of likely N-dealkylation sites (N-methyl/N-ethyl adjacent to an activating group) is 1. The summed E-state index contributed by atoms with van der Waals surface area (Å²) in [6.45, 7) is 1.94. The number of nitrogens with two attached hydrogens (primary N) is 1. The van der Waals surface area contributed by atoms with Gasteiger partial charge in [-0.2, -0.15) is 8.42 Å². The lowest BCUT2D eigenvalue weighted by Crippen LogP contribution is -2.23. The number of hydrogen-bond acceptors (Lipinski definition) is 5. The number of rotatable bonds is 5. The molecule has 8 heteroatoms. The third-order valence-electron chi connectivity index (χ3n) is 4.35. The molecule has 0 saturated carbocycles. The maximum Gasteiger partial charge on any atom is 0.420 e. The van der Waals surface area contributed by atoms with Crippen molar-refractivity contribution in [2.45, 2.75) is 12.8 Å². The van der Waals surface area contributed by atoms with Gasteiger partial charge >= 0.3 is 16.2 Å². The maximum atomic E-state index is 11.6. The normalized spacial score (nSPS) is 16.0. The van der Waals surface area contributed by atoms with Gasteiger partial charge in [0.25, 0.3) is 0 Å². The molecule has 0 bridgehead atoms. The Morgan fingerprint density at radius 3 is 2.88 bits per heavy atom. The fraction of sp³-hybridized carbons (Fsp3) is 0.353. The molecule has 0 atom stereocenters. The van der Waals surface area contributed by atoms with Gasteiger partial charge in [0.2, 0.25) is 0 Å². The van der Waals surface area contributed by atoms with Gasteiger partial charge in [0, 0.05) is 35.8 Å². The van der Waals surface area contributed by atoms with E-state index in [1.54, 1.807) is 0 Å². The predicted molar refractivity (Wildman–Crippen MR) is 96.5 cm³/mol. The predicted octanol–water partition coefficient (Wildman–Crippen LogP) is 1.85. The third kappa shape index (κ3) is 4.21. The quantitative estimate of drug-likeness (QED) is 0.789. The van der Waals surface area contributed by atoms with Crippen molar-refractivity contribution in [3.05, 3.63) is 41.6 Å². The van der Waals surface area contributed by atoms with Crippen LogP contribution in [0.15, 0.2) is 30.5 Å². The molecule has 25 heavy (non-hydrogen) atoms. The lowest BCUT2D eigenvalue weighted by molar-refractivity contribution is 0.213. The van der Waals surface area contributed by atoms with E-state index in [1.807, 2.05) is 24.4 Å². The van der Waals surface area contributed by atoms with Crippen LogP contribution in [-0.2, 0) is 20.7 Å². The van der Waals surface area contributed by atoms with E-state index in [9.17, 15) is 13.2 Å². The summed E-state index contributed by atoms with van der Waals surface area (Å²) < 4.78 is 27.4. The molecule has 134 valence electrons. The standard InChI is InChI=1S/C17H21N3O4S/c1-20-7-4-13(5-8-20)15-11-19-16-3-2-12(10-14(15)16)6-9-25(22,23)24-17(18)21/h2-4,10-11,19H,5-9H2,1H3,(H2,18,21). The zero-order chi connectivity index (χ0) is 18.0. The Kier molecular flexibility index (Phi) is 4.82. The first-order chi connectivity index (χ1) is 11.8. The highest BCUT2D eigenvalue weighted by molar-refractivity contribution is 7.87. The summed E-state index contributed by atoms with van der Waals surface area (Å²) in [5, 5.41) is 1.07. The Balaban J connectivity index is 1.82. The Labute approximate surface area is 146 Å². The second-order valence-electron chi connectivity index (χ2n) is 6.24. The number of fused-ring (bicyclic) bond motifs is 1. The number of carbonyl (C=O) groups excluding carboxylic acids is 1. The zero-order valence-electron chi connectivity index (χ0n) is 14.0. The van der Waals surface area contributed by atoms with E-state index in [1.165, 1.54) is 5.57 Å². The van der Waals surface area contributed by atoms with Crippen LogP contribution in [0, 0.1) is 0 Å². The molecular weight excluding hydrogens is 342 g/mol. The molecule has 0 spiro atoms. The lowest BCUT2D eigenvalue weighted by atomic mass is 9.98. The van der Waals surface area contributed by atoms with E-state index in [4.69, 9.17) is 5.73 Å². The summed E-state index contributed by atoms with van der Waals surface area (Å²) in [5.41, 5.74) is 9.09. The Bertz CT molecular complexity index is 931. The Morgan fingerprint density at radius 1 is 1.40 bits per heavy atom. The molecule has 0 unspecified atom stereocenters. The highest BCUT2D eigenvalue weighted by Gasteiger charge is 2.17. The van der Waals surface area contributed by atoms with Crippen molar-refractivity contribution < 1.29 is 17.4 Å². The lowest BCUT2D eigenvalue weighted by Gasteiger charge is -2.21. The van der Waals surface area contributed by atoms with Crippen LogP contribution in [0.3, 0.4) is 0 Å². The number of hydrogen-bond donors (Lipinski definition) is 2. The van der Waals surface area contributed by atoms with Gasteiger partial charge in [-0.05, 0) is 43.2 Å². The molecule has 1 aromatic heterocycles. The number of primary amides is 1. The SMILES string of the molecule is CN1CC=C(c2c[nH]c3ccc(CCS(=O)(=O)OC(N)=O)cc23)CC1. The Morgan fingerprint density at radius 2 is 2.20 bits per heavy atom. The summed E-state index contributed by atoms with van der Waals surface area (Å²) in [6, 6.07) is 5.79. The van der Waals surface area contributed by atoms with Crippen molar-refractivity contribution in [3.8, 4) is 0 Å². The molecule has 7 nitrogen and oxygen atoms in total. The third-order valence-corrected chi connectivity index (χ3v) is 5.48. The molecule has 0 fully saturated rings. The van der Waals surface area contributed by atoms with Gasteiger partial charge in [0.1, 0.15) is 0 Å². The molecule has 3 rings (SSSR count). The summed E-state index contributed by atoms with van der Waals surface area (Å²) in [4.78, 5) is 16.1. The van der Waals surface area contributed by atoms with Crippen molar-refractivity contribution >= 4 is 32.7 Å². The molecular formula is C17H21N3O4S. The van der Waals surface area contributed by atoms with Gasteiger partial charge in [-0.1, -0.05) is 12.1 Å². The summed E-state index contributed by atoms with van der Waals surface area (Å²) in [6.07, 6.45) is 4.15. The zero-order valence-corrected chi connectivity index (χ0v) is 14.8. The molecule has 1 aliphatic rings. The van der Waals surface area contributed by atoms with E-state index >= 15 is 0 Å². The number of aromatic nitrogens is 1. The van der Waals surface area contributed by atoms with Crippen LogP contribution in [0.25, 0.3) is 16.5 Å². The fourth-order valence-corrected chi connectivity index (χ4v) is 3.83. The van der Waals surface area contributed by atoms with Crippen molar-refractivity contribution in [1.82, 2.24) is 9.88 Å². The van der Waals surface area contributed by atoms with Crippen molar-refractivity contribution in [1.29, 1.82) is 0 Å². The van der Waals surface area contributed by atoms with Crippen LogP contribution in [0.4, 0.5) is 4.79 Å². The molecule has 1 aromatic carbocycles. The van der Waals surface area contributed by atoms with Gasteiger partial charge in [0.05, 0.1) is 5.75 Å². The second kappa shape index (κ2) is 6.89. The van der Waals surface area contributed by atoms with E-state index < -0.39 is 16.2 Å². The number of amides is 1. The van der Waals surface area contributed by atoms with E-state index in [-0.39, 0.29) is 12.2 Å². The molecule has 2 heterocycles. The van der Waals surface area contributed by atoms with E-state index in [2.05, 4.69) is 27.2 Å². The second-order valence-corrected chi connectivity index (χ2v) is 7.93. The number of nitrogens with one attached hydrogen (secondary N) is 1. The van der Waals surface area contributed by atoms with Crippen molar-refractivity contribution in [2.24, 2.45) is 5.73 Å². The van der Waals surface area contributed by atoms with E-state index in [0.717, 1.165) is 41.5 Å². The fourth-order valence-electron chi connectivity index (χ4n) is 3.01. The molecule has 1 amide bonds. The Hall–Kier alpha value is -2.32. The highest BCUT2D eigenvalue weighted by Crippen LogP contribution is 2.29. The summed E-state index contributed by atoms with van der Waals surface area (Å²) in [5.74, 6) is -0.297. The monoisotopic (exact) mass is 363 g/mol. The van der Waals surface area contributed by atoms with Crippen LogP contribution in [0.5, 0.6) is 0 Å². The van der Waals surface area contributed by atoms with Crippen LogP contribution >= 0.6 is 0 Å². The van der Waals surface area contributed by atoms with Crippen LogP contribution in [0.2, 0.25) is 0 Å². The molecule has 0 radical (unpaired) electrons. The summed E-state index contributed by atoms with van der Waals surface area (Å²) >= 11 is 0. The van der Waals surface area contributed by atoms with Crippen LogP contribution < -0.4 is 5.73 Å². The number of benzene rings is 1. The molecule has 3 N–H and O–H groups in total. The van der Waals surface area contributed by atoms with Crippen LogP contribution in [-0.4, -0.2) is 50.3 Å². The minimum Gasteiger partial charge on any atom is -0.361 e. The van der Waals surface area contributed by atoms with E-state index in [0.29, 0.717) is 0 Å². The molecule has 1 aliphatic heterocycles. The van der Waals surface area contributed by atoms with Gasteiger partial charge < -0.3 is 19.8 Å². The van der Waals surface area contributed by atoms with Crippen molar-refractivity contribution in [3.63, 3.8) is 0 Å². The molecule has 0 saturated heterocycles. The number of nitrogens with zero attached hydrogens (tertiary/aromatic N) is 1.